The summed E-state index contributed by atoms with van der Waals surface area (Å²) >= 11 is 0. The molecule has 5 nitrogen and oxygen atoms in total. The van der Waals surface area contributed by atoms with Gasteiger partial charge in [-0.25, -0.2) is 0 Å². The largest absolute Gasteiger partial charge is 0.391 e. The Morgan fingerprint density at radius 2 is 1.88 bits per heavy atom. The van der Waals surface area contributed by atoms with Crippen molar-refractivity contribution in [1.82, 2.24) is 20.4 Å². The molecule has 3 rings (SSSR count). The maximum Gasteiger partial charge on any atom is 0.391 e. The first kappa shape index (κ1) is 17.3. The van der Waals surface area contributed by atoms with Crippen molar-refractivity contribution in [3.63, 3.8) is 0 Å². The Morgan fingerprint density at radius 3 is 2.42 bits per heavy atom. The van der Waals surface area contributed by atoms with Gasteiger partial charge in [0.25, 0.3) is 0 Å². The van der Waals surface area contributed by atoms with Crippen LogP contribution in [0.1, 0.15) is 38.5 Å². The van der Waals surface area contributed by atoms with E-state index in [2.05, 4.69) is 15.7 Å². The average Bonchev–Trinajstić information content (AvgIpc) is 3.10. The van der Waals surface area contributed by atoms with Crippen LogP contribution in [-0.2, 0) is 10.3 Å². The van der Waals surface area contributed by atoms with Gasteiger partial charge in [-0.05, 0) is 57.7 Å². The van der Waals surface area contributed by atoms with Crippen LogP contribution in [0.5, 0.6) is 0 Å². The van der Waals surface area contributed by atoms with Gasteiger partial charge >= 0.3 is 6.18 Å². The number of aromatic nitrogens is 2. The van der Waals surface area contributed by atoms with E-state index in [-0.39, 0.29) is 24.8 Å². The molecule has 2 N–H and O–H groups in total. The van der Waals surface area contributed by atoms with Gasteiger partial charge in [0.15, 0.2) is 0 Å². The van der Waals surface area contributed by atoms with Gasteiger partial charge in [0.05, 0.1) is 5.92 Å². The molecule has 1 aliphatic heterocycles. The summed E-state index contributed by atoms with van der Waals surface area (Å²) in [5.74, 6) is -1.35. The van der Waals surface area contributed by atoms with Crippen molar-refractivity contribution in [2.75, 3.05) is 13.1 Å². The van der Waals surface area contributed by atoms with Crippen molar-refractivity contribution < 1.29 is 18.0 Å². The normalized spacial score (nSPS) is 27.6. The number of alkyl halides is 3. The van der Waals surface area contributed by atoms with Crippen molar-refractivity contribution in [2.45, 2.75) is 56.3 Å². The summed E-state index contributed by atoms with van der Waals surface area (Å²) in [6.45, 7) is 1.43. The number of hydrogen-bond acceptors (Lipinski definition) is 3. The Kier molecular flexibility index (Phi) is 4.85. The molecule has 2 heterocycles. The molecular weight excluding hydrogens is 321 g/mol. The molecular formula is C16H23F3N4O. The first-order valence-corrected chi connectivity index (χ1v) is 8.50. The third-order valence-electron chi connectivity index (χ3n) is 5.32. The minimum absolute atomic E-state index is 0.0881. The Morgan fingerprint density at radius 1 is 1.21 bits per heavy atom. The first-order chi connectivity index (χ1) is 11.4. The van der Waals surface area contributed by atoms with Crippen molar-refractivity contribution in [2.24, 2.45) is 5.92 Å². The predicted molar refractivity (Wildman–Crippen MR) is 82.2 cm³/mol. The molecule has 0 atom stereocenters. The maximum atomic E-state index is 12.9. The summed E-state index contributed by atoms with van der Waals surface area (Å²) < 4.78 is 40.0. The van der Waals surface area contributed by atoms with E-state index in [1.165, 1.54) is 0 Å². The summed E-state index contributed by atoms with van der Waals surface area (Å²) in [5.41, 5.74) is -0.740. The van der Waals surface area contributed by atoms with E-state index in [0.29, 0.717) is 38.8 Å². The number of nitrogens with one attached hydrogen (secondary N) is 2. The predicted octanol–water partition coefficient (Wildman–Crippen LogP) is 2.20. The van der Waals surface area contributed by atoms with Crippen molar-refractivity contribution >= 4 is 5.91 Å². The van der Waals surface area contributed by atoms with Gasteiger partial charge in [-0.1, -0.05) is 0 Å². The van der Waals surface area contributed by atoms with Crippen molar-refractivity contribution in [3.05, 3.63) is 18.5 Å². The van der Waals surface area contributed by atoms with Gasteiger partial charge in [0, 0.05) is 18.4 Å². The van der Waals surface area contributed by atoms with Crippen molar-refractivity contribution in [3.8, 4) is 0 Å². The van der Waals surface area contributed by atoms with Crippen LogP contribution in [0.3, 0.4) is 0 Å². The highest BCUT2D eigenvalue weighted by atomic mass is 19.4. The van der Waals surface area contributed by atoms with E-state index in [4.69, 9.17) is 0 Å². The lowest BCUT2D eigenvalue weighted by molar-refractivity contribution is -0.182. The zero-order chi connectivity index (χ0) is 17.2. The monoisotopic (exact) mass is 344 g/mol. The fraction of sp³-hybridized carbons (Fsp3) is 0.750. The van der Waals surface area contributed by atoms with Crippen LogP contribution in [0.15, 0.2) is 18.5 Å². The zero-order valence-electron chi connectivity index (χ0n) is 13.5. The fourth-order valence-corrected chi connectivity index (χ4v) is 3.81. The molecule has 1 saturated carbocycles. The Labute approximate surface area is 139 Å². The minimum atomic E-state index is -4.12. The zero-order valence-corrected chi connectivity index (χ0v) is 13.5. The molecule has 1 aromatic heterocycles. The molecule has 24 heavy (non-hydrogen) atoms. The van der Waals surface area contributed by atoms with E-state index in [9.17, 15) is 18.0 Å². The number of amides is 1. The van der Waals surface area contributed by atoms with E-state index in [1.54, 1.807) is 23.1 Å². The molecule has 0 bridgehead atoms. The molecule has 1 aliphatic carbocycles. The lowest BCUT2D eigenvalue weighted by atomic mass is 9.83. The minimum Gasteiger partial charge on any atom is -0.351 e. The van der Waals surface area contributed by atoms with Crippen LogP contribution in [0.2, 0.25) is 0 Å². The number of carbonyl (C=O) groups excluding carboxylic acids is 1. The molecule has 1 saturated heterocycles. The van der Waals surface area contributed by atoms with Gasteiger partial charge in [0.1, 0.15) is 5.54 Å². The second-order valence-corrected chi connectivity index (χ2v) is 6.80. The molecule has 134 valence electrons. The summed E-state index contributed by atoms with van der Waals surface area (Å²) in [6, 6.07) is 1.60. The summed E-state index contributed by atoms with van der Waals surface area (Å²) in [7, 11) is 0. The number of hydrogen-bond donors (Lipinski definition) is 2. The highest BCUT2D eigenvalue weighted by Gasteiger charge is 2.45. The number of carbonyl (C=O) groups is 1. The number of piperidine rings is 1. The highest BCUT2D eigenvalue weighted by molar-refractivity contribution is 5.84. The smallest absolute Gasteiger partial charge is 0.351 e. The van der Waals surface area contributed by atoms with Crippen LogP contribution in [0, 0.1) is 5.92 Å². The van der Waals surface area contributed by atoms with Crippen LogP contribution >= 0.6 is 0 Å². The second kappa shape index (κ2) is 6.74. The van der Waals surface area contributed by atoms with Crippen LogP contribution in [0.4, 0.5) is 13.2 Å². The second-order valence-electron chi connectivity index (χ2n) is 6.80. The number of nitrogens with zero attached hydrogens (tertiary/aromatic N) is 2. The third-order valence-corrected chi connectivity index (χ3v) is 5.32. The highest BCUT2D eigenvalue weighted by Crippen LogP contribution is 2.38. The SMILES string of the molecule is O=C(NC1CCC(C(F)(F)F)CC1)C1(n2cccn2)CCNCC1. The molecule has 0 spiro atoms. The summed E-state index contributed by atoms with van der Waals surface area (Å²) in [5, 5.41) is 10.5. The van der Waals surface area contributed by atoms with Crippen LogP contribution in [-0.4, -0.2) is 41.0 Å². The van der Waals surface area contributed by atoms with E-state index in [0.717, 1.165) is 0 Å². The molecule has 2 fully saturated rings. The van der Waals surface area contributed by atoms with Gasteiger partial charge < -0.3 is 10.6 Å². The maximum absolute atomic E-state index is 12.9. The van der Waals surface area contributed by atoms with Crippen LogP contribution in [0.25, 0.3) is 0 Å². The van der Waals surface area contributed by atoms with E-state index >= 15 is 0 Å². The Balaban J connectivity index is 1.65. The van der Waals surface area contributed by atoms with Gasteiger partial charge in [-0.15, -0.1) is 0 Å². The van der Waals surface area contributed by atoms with E-state index in [1.807, 2.05) is 0 Å². The molecule has 2 aliphatic rings. The summed E-state index contributed by atoms with van der Waals surface area (Å²) in [6.07, 6.45) is 1.48. The Bertz CT molecular complexity index is 544. The molecule has 0 aromatic carbocycles. The van der Waals surface area contributed by atoms with Crippen molar-refractivity contribution in [1.29, 1.82) is 0 Å². The molecule has 1 aromatic rings. The first-order valence-electron chi connectivity index (χ1n) is 8.50. The van der Waals surface area contributed by atoms with Gasteiger partial charge in [-0.3, -0.25) is 9.48 Å². The average molecular weight is 344 g/mol. The quantitative estimate of drug-likeness (QED) is 0.884. The number of halogens is 3. The number of rotatable bonds is 3. The molecule has 0 unspecified atom stereocenters. The van der Waals surface area contributed by atoms with Crippen LogP contribution < -0.4 is 10.6 Å². The lowest BCUT2D eigenvalue weighted by Crippen LogP contribution is -2.56. The third kappa shape index (κ3) is 3.43. The molecule has 1 amide bonds. The molecule has 8 heteroatoms. The summed E-state index contributed by atoms with van der Waals surface area (Å²) in [4.78, 5) is 12.9. The van der Waals surface area contributed by atoms with E-state index < -0.39 is 17.6 Å². The standard InChI is InChI=1S/C16H23F3N4O/c17-16(18,19)12-2-4-13(5-3-12)22-14(24)15(6-9-20-10-7-15)23-11-1-8-21-23/h1,8,11-13,20H,2-7,9-10H2,(H,22,24). The van der Waals surface area contributed by atoms with Gasteiger partial charge in [-0.2, -0.15) is 18.3 Å². The fourth-order valence-electron chi connectivity index (χ4n) is 3.81. The molecule has 0 radical (unpaired) electrons. The van der Waals surface area contributed by atoms with Gasteiger partial charge in [0.2, 0.25) is 5.91 Å². The topological polar surface area (TPSA) is 59.0 Å². The Hall–Kier alpha value is -1.57. The lowest BCUT2D eigenvalue weighted by Gasteiger charge is -2.38.